The number of esters is 1. The molecule has 0 aliphatic rings. The monoisotopic (exact) mass is 284 g/mol. The quantitative estimate of drug-likeness (QED) is 0.688. The molecule has 5 heteroatoms. The Hall–Kier alpha value is -2.69. The Morgan fingerprint density at radius 3 is 2.86 bits per heavy atom. The maximum atomic E-state index is 12.2. The molecule has 0 fully saturated rings. The van der Waals surface area contributed by atoms with E-state index in [0.717, 1.165) is 11.1 Å². The Morgan fingerprint density at radius 2 is 2.10 bits per heavy atom. The van der Waals surface area contributed by atoms with Crippen molar-refractivity contribution in [3.8, 4) is 0 Å². The number of hydrogen-bond acceptors (Lipinski definition) is 4. The van der Waals surface area contributed by atoms with Crippen molar-refractivity contribution < 1.29 is 14.3 Å². The van der Waals surface area contributed by atoms with E-state index in [9.17, 15) is 9.59 Å². The molecule has 1 amide bonds. The summed E-state index contributed by atoms with van der Waals surface area (Å²) in [5.74, 6) is -0.681. The molecule has 0 spiro atoms. The summed E-state index contributed by atoms with van der Waals surface area (Å²) in [5, 5.41) is 3.63. The fourth-order valence-electron chi connectivity index (χ4n) is 1.90. The van der Waals surface area contributed by atoms with Gasteiger partial charge in [0.2, 0.25) is 0 Å². The summed E-state index contributed by atoms with van der Waals surface area (Å²) in [5.41, 5.74) is 2.04. The SMILES string of the molecule is COC(=O)/C=C/CNC(=O)c1cccc2ccc(C)nc12. The number of nitrogens with one attached hydrogen (secondary N) is 1. The first-order chi connectivity index (χ1) is 10.1. The summed E-state index contributed by atoms with van der Waals surface area (Å²) >= 11 is 0. The van der Waals surface area contributed by atoms with Crippen LogP contribution in [0.5, 0.6) is 0 Å². The Bertz CT molecular complexity index is 708. The van der Waals surface area contributed by atoms with Crippen LogP contribution in [-0.2, 0) is 9.53 Å². The third kappa shape index (κ3) is 3.66. The molecule has 1 N–H and O–H groups in total. The van der Waals surface area contributed by atoms with Gasteiger partial charge in [0.1, 0.15) is 0 Å². The summed E-state index contributed by atoms with van der Waals surface area (Å²) in [4.78, 5) is 27.5. The first-order valence-corrected chi connectivity index (χ1v) is 6.51. The largest absolute Gasteiger partial charge is 0.466 e. The van der Waals surface area contributed by atoms with Gasteiger partial charge in [0.05, 0.1) is 18.2 Å². The third-order valence-electron chi connectivity index (χ3n) is 2.94. The van der Waals surface area contributed by atoms with E-state index < -0.39 is 5.97 Å². The van der Waals surface area contributed by atoms with Crippen molar-refractivity contribution in [3.63, 3.8) is 0 Å². The summed E-state index contributed by atoms with van der Waals surface area (Å²) in [6.07, 6.45) is 2.80. The Labute approximate surface area is 122 Å². The summed E-state index contributed by atoms with van der Waals surface area (Å²) in [6, 6.07) is 9.30. The smallest absolute Gasteiger partial charge is 0.330 e. The molecule has 0 saturated heterocycles. The van der Waals surface area contributed by atoms with E-state index in [-0.39, 0.29) is 12.5 Å². The van der Waals surface area contributed by atoms with Crippen molar-refractivity contribution in [1.82, 2.24) is 10.3 Å². The van der Waals surface area contributed by atoms with Crippen LogP contribution in [0.2, 0.25) is 0 Å². The van der Waals surface area contributed by atoms with Crippen LogP contribution < -0.4 is 5.32 Å². The van der Waals surface area contributed by atoms with Crippen molar-refractivity contribution >= 4 is 22.8 Å². The number of carbonyl (C=O) groups excluding carboxylic acids is 2. The lowest BCUT2D eigenvalue weighted by molar-refractivity contribution is -0.134. The van der Waals surface area contributed by atoms with Gasteiger partial charge in [-0.1, -0.05) is 24.3 Å². The highest BCUT2D eigenvalue weighted by atomic mass is 16.5. The molecule has 0 atom stereocenters. The van der Waals surface area contributed by atoms with Gasteiger partial charge < -0.3 is 10.1 Å². The van der Waals surface area contributed by atoms with Crippen molar-refractivity contribution in [2.75, 3.05) is 13.7 Å². The molecule has 0 saturated carbocycles. The number of pyridine rings is 1. The standard InChI is InChI=1S/C16H16N2O3/c1-11-8-9-12-5-3-6-13(15(12)18-11)16(20)17-10-4-7-14(19)21-2/h3-9H,10H2,1-2H3,(H,17,20)/b7-4+. The van der Waals surface area contributed by atoms with Crippen LogP contribution >= 0.6 is 0 Å². The first-order valence-electron chi connectivity index (χ1n) is 6.51. The van der Waals surface area contributed by atoms with Crippen LogP contribution in [0.4, 0.5) is 0 Å². The van der Waals surface area contributed by atoms with Crippen LogP contribution in [0, 0.1) is 6.92 Å². The fraction of sp³-hybridized carbons (Fsp3) is 0.188. The third-order valence-corrected chi connectivity index (χ3v) is 2.94. The van der Waals surface area contributed by atoms with Gasteiger partial charge in [-0.2, -0.15) is 0 Å². The van der Waals surface area contributed by atoms with Crippen molar-refractivity contribution in [1.29, 1.82) is 0 Å². The van der Waals surface area contributed by atoms with Crippen LogP contribution in [0.25, 0.3) is 10.9 Å². The molecular formula is C16H16N2O3. The van der Waals surface area contributed by atoms with Gasteiger partial charge in [0, 0.05) is 23.7 Å². The summed E-state index contributed by atoms with van der Waals surface area (Å²) in [7, 11) is 1.30. The van der Waals surface area contributed by atoms with E-state index in [2.05, 4.69) is 15.0 Å². The molecule has 2 aromatic rings. The summed E-state index contributed by atoms with van der Waals surface area (Å²) in [6.45, 7) is 2.13. The minimum atomic E-state index is -0.452. The number of aromatic nitrogens is 1. The Morgan fingerprint density at radius 1 is 1.29 bits per heavy atom. The lowest BCUT2D eigenvalue weighted by Gasteiger charge is -2.06. The maximum absolute atomic E-state index is 12.2. The number of methoxy groups -OCH3 is 1. The molecule has 21 heavy (non-hydrogen) atoms. The van der Waals surface area contributed by atoms with Crippen LogP contribution in [-0.4, -0.2) is 30.5 Å². The molecule has 1 aromatic carbocycles. The molecule has 0 aliphatic carbocycles. The second kappa shape index (κ2) is 6.65. The molecule has 0 bridgehead atoms. The van der Waals surface area contributed by atoms with E-state index in [4.69, 9.17) is 0 Å². The molecule has 108 valence electrons. The number of fused-ring (bicyclic) bond motifs is 1. The van der Waals surface area contributed by atoms with Gasteiger partial charge in [-0.15, -0.1) is 0 Å². The number of aryl methyl sites for hydroxylation is 1. The Balaban J connectivity index is 2.14. The number of amides is 1. The maximum Gasteiger partial charge on any atom is 0.330 e. The number of ether oxygens (including phenoxy) is 1. The van der Waals surface area contributed by atoms with E-state index in [1.807, 2.05) is 31.2 Å². The number of hydrogen-bond donors (Lipinski definition) is 1. The topological polar surface area (TPSA) is 68.3 Å². The fourth-order valence-corrected chi connectivity index (χ4v) is 1.90. The zero-order valence-electron chi connectivity index (χ0n) is 11.9. The minimum absolute atomic E-state index is 0.229. The molecular weight excluding hydrogens is 268 g/mol. The molecule has 1 aromatic heterocycles. The first kappa shape index (κ1) is 14.7. The number of rotatable bonds is 4. The average molecular weight is 284 g/mol. The number of benzene rings is 1. The average Bonchev–Trinajstić information content (AvgIpc) is 2.50. The number of para-hydroxylation sites is 1. The zero-order chi connectivity index (χ0) is 15.2. The van der Waals surface area contributed by atoms with Gasteiger partial charge in [-0.25, -0.2) is 4.79 Å². The predicted octanol–water partition coefficient (Wildman–Crippen LogP) is 2.00. The highest BCUT2D eigenvalue weighted by Crippen LogP contribution is 2.17. The molecule has 1 heterocycles. The van der Waals surface area contributed by atoms with Crippen molar-refractivity contribution in [2.24, 2.45) is 0 Å². The Kier molecular flexibility index (Phi) is 4.66. The predicted molar refractivity (Wildman–Crippen MR) is 80.0 cm³/mol. The van der Waals surface area contributed by atoms with E-state index in [0.29, 0.717) is 11.1 Å². The van der Waals surface area contributed by atoms with Crippen molar-refractivity contribution in [2.45, 2.75) is 6.92 Å². The van der Waals surface area contributed by atoms with Crippen LogP contribution in [0.3, 0.4) is 0 Å². The highest BCUT2D eigenvalue weighted by Gasteiger charge is 2.10. The lowest BCUT2D eigenvalue weighted by Crippen LogP contribution is -2.24. The molecule has 2 rings (SSSR count). The normalized spacial score (nSPS) is 10.8. The van der Waals surface area contributed by atoms with Crippen LogP contribution in [0.1, 0.15) is 16.1 Å². The number of nitrogens with zero attached hydrogens (tertiary/aromatic N) is 1. The molecule has 0 radical (unpaired) electrons. The molecule has 0 aliphatic heterocycles. The van der Waals surface area contributed by atoms with E-state index in [1.54, 1.807) is 6.07 Å². The summed E-state index contributed by atoms with van der Waals surface area (Å²) < 4.78 is 4.46. The highest BCUT2D eigenvalue weighted by molar-refractivity contribution is 6.05. The molecule has 0 unspecified atom stereocenters. The van der Waals surface area contributed by atoms with E-state index in [1.165, 1.54) is 19.3 Å². The lowest BCUT2D eigenvalue weighted by atomic mass is 10.1. The second-order valence-corrected chi connectivity index (χ2v) is 4.47. The van der Waals surface area contributed by atoms with Crippen molar-refractivity contribution in [3.05, 3.63) is 53.7 Å². The van der Waals surface area contributed by atoms with Crippen LogP contribution in [0.15, 0.2) is 42.5 Å². The van der Waals surface area contributed by atoms with Gasteiger partial charge in [0.25, 0.3) is 5.91 Å². The second-order valence-electron chi connectivity index (χ2n) is 4.47. The van der Waals surface area contributed by atoms with Gasteiger partial charge >= 0.3 is 5.97 Å². The van der Waals surface area contributed by atoms with Gasteiger partial charge in [-0.3, -0.25) is 9.78 Å². The van der Waals surface area contributed by atoms with Gasteiger partial charge in [0.15, 0.2) is 0 Å². The zero-order valence-corrected chi connectivity index (χ0v) is 11.9. The minimum Gasteiger partial charge on any atom is -0.466 e. The number of carbonyl (C=O) groups is 2. The molecule has 5 nitrogen and oxygen atoms in total. The van der Waals surface area contributed by atoms with E-state index >= 15 is 0 Å². The van der Waals surface area contributed by atoms with Gasteiger partial charge in [-0.05, 0) is 19.1 Å².